The van der Waals surface area contributed by atoms with Crippen LogP contribution in [0.1, 0.15) is 69.9 Å². The summed E-state index contributed by atoms with van der Waals surface area (Å²) in [7, 11) is 0. The van der Waals surface area contributed by atoms with Gasteiger partial charge in [-0.2, -0.15) is 0 Å². The van der Waals surface area contributed by atoms with E-state index in [1.54, 1.807) is 6.92 Å². The molecule has 0 radical (unpaired) electrons. The third-order valence-corrected chi connectivity index (χ3v) is 7.75. The number of rotatable bonds is 17. The molecule has 2 aromatic rings. The van der Waals surface area contributed by atoms with Crippen LogP contribution in [0.4, 0.5) is 0 Å². The van der Waals surface area contributed by atoms with Crippen molar-refractivity contribution in [1.82, 2.24) is 0 Å². The average Bonchev–Trinajstić information content (AvgIpc) is 2.98. The molecular formula is C35H48O5. The number of aliphatic hydroxyl groups is 3. The highest BCUT2D eigenvalue weighted by atomic mass is 16.6. The SMILES string of the molecule is C=C(C)C(O)OCC(COC(O)C(=C)CO)CC1CC=C(c2ccc(-c3ccc(CCCCC)cc3)cc2)CC1. The molecule has 3 N–H and O–H groups in total. The standard InChI is InChI=1S/C35H48O5/c1-5-6-7-8-27-9-13-30(14-10-27)32-17-19-33(20-18-32)31-15-11-28(12-16-31)21-29(23-39-34(37)25(2)3)24-40-35(38)26(4)22-36/h9-10,13-15,17-20,28-29,34-38H,2,4-8,11-12,16,21-24H2,1,3H3. The van der Waals surface area contributed by atoms with Gasteiger partial charge in [0.25, 0.3) is 0 Å². The first kappa shape index (κ1) is 32.0. The van der Waals surface area contributed by atoms with Crippen molar-refractivity contribution in [2.45, 2.75) is 77.8 Å². The van der Waals surface area contributed by atoms with E-state index in [1.165, 1.54) is 47.1 Å². The second kappa shape index (κ2) is 16.7. The largest absolute Gasteiger partial charge is 0.392 e. The fourth-order valence-corrected chi connectivity index (χ4v) is 5.13. The van der Waals surface area contributed by atoms with Crippen molar-refractivity contribution in [2.75, 3.05) is 19.8 Å². The Kier molecular flexibility index (Phi) is 13.3. The monoisotopic (exact) mass is 548 g/mol. The van der Waals surface area contributed by atoms with Gasteiger partial charge in [0, 0.05) is 11.5 Å². The smallest absolute Gasteiger partial charge is 0.179 e. The van der Waals surface area contributed by atoms with E-state index in [0.29, 0.717) is 18.1 Å². The molecule has 4 unspecified atom stereocenters. The van der Waals surface area contributed by atoms with E-state index in [0.717, 1.165) is 32.1 Å². The van der Waals surface area contributed by atoms with E-state index in [-0.39, 0.29) is 24.7 Å². The molecule has 5 nitrogen and oxygen atoms in total. The lowest BCUT2D eigenvalue weighted by Gasteiger charge is -2.28. The minimum atomic E-state index is -1.22. The number of hydrogen-bond donors (Lipinski definition) is 3. The highest BCUT2D eigenvalue weighted by Crippen LogP contribution is 2.34. The van der Waals surface area contributed by atoms with E-state index < -0.39 is 12.6 Å². The van der Waals surface area contributed by atoms with Crippen molar-refractivity contribution in [3.8, 4) is 11.1 Å². The summed E-state index contributed by atoms with van der Waals surface area (Å²) in [5.41, 5.74) is 7.32. The van der Waals surface area contributed by atoms with Crippen LogP contribution < -0.4 is 0 Å². The topological polar surface area (TPSA) is 79.2 Å². The van der Waals surface area contributed by atoms with Crippen LogP contribution in [0.3, 0.4) is 0 Å². The van der Waals surface area contributed by atoms with Crippen LogP contribution in [0.25, 0.3) is 16.7 Å². The average molecular weight is 549 g/mol. The Morgan fingerprint density at radius 2 is 1.50 bits per heavy atom. The van der Waals surface area contributed by atoms with Gasteiger partial charge in [-0.25, -0.2) is 0 Å². The molecule has 0 aliphatic heterocycles. The number of benzene rings is 2. The molecule has 2 aromatic carbocycles. The van der Waals surface area contributed by atoms with E-state index in [4.69, 9.17) is 9.47 Å². The Bertz CT molecular complexity index is 1090. The molecule has 0 bridgehead atoms. The first-order valence-electron chi connectivity index (χ1n) is 14.7. The number of hydrogen-bond acceptors (Lipinski definition) is 5. The third-order valence-electron chi connectivity index (χ3n) is 7.75. The Morgan fingerprint density at radius 3 is 2.05 bits per heavy atom. The summed E-state index contributed by atoms with van der Waals surface area (Å²) in [6, 6.07) is 17.9. The Morgan fingerprint density at radius 1 is 0.900 bits per heavy atom. The fourth-order valence-electron chi connectivity index (χ4n) is 5.13. The van der Waals surface area contributed by atoms with Gasteiger partial charge in [-0.3, -0.25) is 0 Å². The molecule has 40 heavy (non-hydrogen) atoms. The summed E-state index contributed by atoms with van der Waals surface area (Å²) in [4.78, 5) is 0. The molecule has 1 aliphatic carbocycles. The van der Waals surface area contributed by atoms with Crippen molar-refractivity contribution in [3.05, 3.63) is 90.0 Å². The lowest BCUT2D eigenvalue weighted by atomic mass is 9.81. The Hall–Kier alpha value is -2.54. The van der Waals surface area contributed by atoms with Crippen LogP contribution >= 0.6 is 0 Å². The fraction of sp³-hybridized carbons (Fsp3) is 0.486. The summed E-state index contributed by atoms with van der Waals surface area (Å²) in [5.74, 6) is 0.434. The van der Waals surface area contributed by atoms with Gasteiger partial charge in [0.05, 0.1) is 19.8 Å². The number of aryl methyl sites for hydroxylation is 1. The number of allylic oxidation sites excluding steroid dienone is 2. The predicted molar refractivity (Wildman–Crippen MR) is 163 cm³/mol. The van der Waals surface area contributed by atoms with Crippen LogP contribution in [-0.4, -0.2) is 47.7 Å². The second-order valence-electron chi connectivity index (χ2n) is 11.2. The summed E-state index contributed by atoms with van der Waals surface area (Å²) in [5, 5.41) is 29.3. The van der Waals surface area contributed by atoms with Crippen LogP contribution in [0.15, 0.2) is 78.9 Å². The highest BCUT2D eigenvalue weighted by molar-refractivity contribution is 5.71. The van der Waals surface area contributed by atoms with Gasteiger partial charge in [-0.1, -0.05) is 87.5 Å². The molecule has 0 amide bonds. The molecular weight excluding hydrogens is 500 g/mol. The van der Waals surface area contributed by atoms with Crippen molar-refractivity contribution < 1.29 is 24.8 Å². The van der Waals surface area contributed by atoms with Gasteiger partial charge >= 0.3 is 0 Å². The zero-order valence-electron chi connectivity index (χ0n) is 24.4. The summed E-state index contributed by atoms with van der Waals surface area (Å²) in [6.07, 6.45) is 8.91. The molecule has 218 valence electrons. The third kappa shape index (κ3) is 10.1. The number of ether oxygens (including phenoxy) is 2. The lowest BCUT2D eigenvalue weighted by molar-refractivity contribution is -0.121. The number of unbranched alkanes of at least 4 members (excludes halogenated alkanes) is 2. The number of aliphatic hydroxyl groups excluding tert-OH is 3. The Balaban J connectivity index is 1.56. The van der Waals surface area contributed by atoms with Crippen LogP contribution in [0.5, 0.6) is 0 Å². The quantitative estimate of drug-likeness (QED) is 0.112. The predicted octanol–water partition coefficient (Wildman–Crippen LogP) is 7.07. The van der Waals surface area contributed by atoms with E-state index in [2.05, 4.69) is 74.7 Å². The van der Waals surface area contributed by atoms with E-state index in [1.807, 2.05) is 0 Å². The van der Waals surface area contributed by atoms with Crippen molar-refractivity contribution in [3.63, 3.8) is 0 Å². The minimum absolute atomic E-state index is 0.0209. The van der Waals surface area contributed by atoms with Gasteiger partial charge in [0.1, 0.15) is 0 Å². The van der Waals surface area contributed by atoms with Gasteiger partial charge in [0.15, 0.2) is 12.6 Å². The maximum absolute atomic E-state index is 10.0. The Labute approximate surface area is 240 Å². The molecule has 0 spiro atoms. The molecule has 3 rings (SSSR count). The van der Waals surface area contributed by atoms with Crippen LogP contribution in [0.2, 0.25) is 0 Å². The van der Waals surface area contributed by atoms with Crippen molar-refractivity contribution in [2.24, 2.45) is 11.8 Å². The van der Waals surface area contributed by atoms with E-state index >= 15 is 0 Å². The highest BCUT2D eigenvalue weighted by Gasteiger charge is 2.23. The summed E-state index contributed by atoms with van der Waals surface area (Å²) in [6.45, 7) is 11.5. The molecule has 5 heteroatoms. The zero-order chi connectivity index (χ0) is 28.9. The second-order valence-corrected chi connectivity index (χ2v) is 11.2. The van der Waals surface area contributed by atoms with Crippen molar-refractivity contribution in [1.29, 1.82) is 0 Å². The normalized spacial score (nSPS) is 17.6. The van der Waals surface area contributed by atoms with Gasteiger partial charge in [-0.05, 0) is 84.8 Å². The maximum atomic E-state index is 10.0. The van der Waals surface area contributed by atoms with Crippen molar-refractivity contribution >= 4 is 5.57 Å². The molecule has 0 saturated carbocycles. The van der Waals surface area contributed by atoms with Crippen LogP contribution in [-0.2, 0) is 15.9 Å². The minimum Gasteiger partial charge on any atom is -0.392 e. The van der Waals surface area contributed by atoms with Crippen LogP contribution in [0, 0.1) is 11.8 Å². The zero-order valence-corrected chi connectivity index (χ0v) is 24.4. The summed E-state index contributed by atoms with van der Waals surface area (Å²) >= 11 is 0. The van der Waals surface area contributed by atoms with Gasteiger partial charge in [0.2, 0.25) is 0 Å². The van der Waals surface area contributed by atoms with E-state index in [9.17, 15) is 15.3 Å². The molecule has 0 heterocycles. The first-order chi connectivity index (χ1) is 19.3. The first-order valence-corrected chi connectivity index (χ1v) is 14.7. The van der Waals surface area contributed by atoms with Gasteiger partial charge < -0.3 is 24.8 Å². The summed E-state index contributed by atoms with van der Waals surface area (Å²) < 4.78 is 11.2. The van der Waals surface area contributed by atoms with Gasteiger partial charge in [-0.15, -0.1) is 0 Å². The molecule has 1 aliphatic rings. The molecule has 0 saturated heterocycles. The maximum Gasteiger partial charge on any atom is 0.179 e. The lowest BCUT2D eigenvalue weighted by Crippen LogP contribution is -2.27. The molecule has 4 atom stereocenters. The molecule has 0 aromatic heterocycles. The molecule has 0 fully saturated rings.